The summed E-state index contributed by atoms with van der Waals surface area (Å²) in [5.74, 6) is 1.60. The van der Waals surface area contributed by atoms with Crippen LogP contribution in [-0.4, -0.2) is 24.9 Å². The van der Waals surface area contributed by atoms with Gasteiger partial charge in [0.05, 0.1) is 6.61 Å². The molecule has 1 aliphatic rings. The second kappa shape index (κ2) is 3.75. The Morgan fingerprint density at radius 1 is 1.54 bits per heavy atom. The van der Waals surface area contributed by atoms with Crippen molar-refractivity contribution in [2.45, 2.75) is 6.92 Å². The first kappa shape index (κ1) is 8.51. The van der Waals surface area contributed by atoms with E-state index in [2.05, 4.69) is 16.8 Å². The second-order valence-corrected chi connectivity index (χ2v) is 3.52. The van der Waals surface area contributed by atoms with E-state index in [1.54, 1.807) is 0 Å². The van der Waals surface area contributed by atoms with Gasteiger partial charge in [-0.2, -0.15) is 0 Å². The highest BCUT2D eigenvalue weighted by Crippen LogP contribution is 2.15. The van der Waals surface area contributed by atoms with E-state index in [1.165, 1.54) is 0 Å². The van der Waals surface area contributed by atoms with Crippen LogP contribution in [0.15, 0.2) is 24.4 Å². The van der Waals surface area contributed by atoms with Gasteiger partial charge in [-0.05, 0) is 18.1 Å². The van der Waals surface area contributed by atoms with Crippen molar-refractivity contribution < 1.29 is 4.74 Å². The number of hydrogen-bond donors (Lipinski definition) is 0. The number of pyridine rings is 1. The third-order valence-electron chi connectivity index (χ3n) is 2.15. The molecule has 2 rings (SSSR count). The SMILES string of the molecule is CC1COCN(c2ccccn2)C1. The van der Waals surface area contributed by atoms with Crippen LogP contribution >= 0.6 is 0 Å². The van der Waals surface area contributed by atoms with Gasteiger partial charge in [-0.25, -0.2) is 4.98 Å². The lowest BCUT2D eigenvalue weighted by molar-refractivity contribution is 0.0737. The van der Waals surface area contributed by atoms with Crippen molar-refractivity contribution >= 4 is 5.82 Å². The first-order valence-electron chi connectivity index (χ1n) is 4.60. The predicted octanol–water partition coefficient (Wildman–Crippen LogP) is 1.51. The van der Waals surface area contributed by atoms with Crippen molar-refractivity contribution in [3.05, 3.63) is 24.4 Å². The molecule has 0 aliphatic carbocycles. The number of rotatable bonds is 1. The minimum Gasteiger partial charge on any atom is -0.361 e. The Kier molecular flexibility index (Phi) is 2.45. The monoisotopic (exact) mass is 178 g/mol. The highest BCUT2D eigenvalue weighted by molar-refractivity contribution is 5.37. The van der Waals surface area contributed by atoms with Crippen molar-refractivity contribution in [2.24, 2.45) is 5.92 Å². The minimum absolute atomic E-state index is 0.593. The Hall–Kier alpha value is -1.09. The van der Waals surface area contributed by atoms with Crippen molar-refractivity contribution in [1.29, 1.82) is 0 Å². The molecular formula is C10H14N2O. The zero-order valence-electron chi connectivity index (χ0n) is 7.81. The van der Waals surface area contributed by atoms with Crippen LogP contribution in [0.2, 0.25) is 0 Å². The molecule has 3 nitrogen and oxygen atoms in total. The van der Waals surface area contributed by atoms with Crippen LogP contribution in [0.5, 0.6) is 0 Å². The van der Waals surface area contributed by atoms with Gasteiger partial charge in [0.25, 0.3) is 0 Å². The van der Waals surface area contributed by atoms with E-state index in [4.69, 9.17) is 4.74 Å². The van der Waals surface area contributed by atoms with E-state index in [1.807, 2.05) is 24.4 Å². The van der Waals surface area contributed by atoms with E-state index in [-0.39, 0.29) is 0 Å². The fraction of sp³-hybridized carbons (Fsp3) is 0.500. The number of anilines is 1. The molecule has 3 heteroatoms. The first-order valence-corrected chi connectivity index (χ1v) is 4.60. The molecule has 1 fully saturated rings. The molecular weight excluding hydrogens is 164 g/mol. The Labute approximate surface area is 78.3 Å². The summed E-state index contributed by atoms with van der Waals surface area (Å²) in [6.07, 6.45) is 1.81. The summed E-state index contributed by atoms with van der Waals surface area (Å²) in [6, 6.07) is 5.95. The maximum Gasteiger partial charge on any atom is 0.130 e. The standard InChI is InChI=1S/C10H14N2O/c1-9-6-12(8-13-7-9)10-4-2-3-5-11-10/h2-5,9H,6-8H2,1H3. The summed E-state index contributed by atoms with van der Waals surface area (Å²) in [6.45, 7) is 4.76. The van der Waals surface area contributed by atoms with Gasteiger partial charge in [0, 0.05) is 12.7 Å². The molecule has 1 aliphatic heterocycles. The summed E-state index contributed by atoms with van der Waals surface area (Å²) in [5, 5.41) is 0. The highest BCUT2D eigenvalue weighted by atomic mass is 16.5. The number of aromatic nitrogens is 1. The van der Waals surface area contributed by atoms with Gasteiger partial charge in [0.15, 0.2) is 0 Å². The van der Waals surface area contributed by atoms with Gasteiger partial charge < -0.3 is 9.64 Å². The zero-order chi connectivity index (χ0) is 9.10. The quantitative estimate of drug-likeness (QED) is 0.651. The molecule has 70 valence electrons. The second-order valence-electron chi connectivity index (χ2n) is 3.52. The predicted molar refractivity (Wildman–Crippen MR) is 51.6 cm³/mol. The first-order chi connectivity index (χ1) is 6.36. The van der Waals surface area contributed by atoms with Crippen LogP contribution in [0.4, 0.5) is 5.82 Å². The lowest BCUT2D eigenvalue weighted by Crippen LogP contribution is -2.38. The molecule has 0 spiro atoms. The minimum atomic E-state index is 0.593. The molecule has 1 aromatic heterocycles. The molecule has 2 heterocycles. The van der Waals surface area contributed by atoms with Gasteiger partial charge >= 0.3 is 0 Å². The third-order valence-corrected chi connectivity index (χ3v) is 2.15. The molecule has 1 saturated heterocycles. The van der Waals surface area contributed by atoms with E-state index in [9.17, 15) is 0 Å². The summed E-state index contributed by atoms with van der Waals surface area (Å²) in [4.78, 5) is 6.44. The summed E-state index contributed by atoms with van der Waals surface area (Å²) >= 11 is 0. The smallest absolute Gasteiger partial charge is 0.130 e. The lowest BCUT2D eigenvalue weighted by atomic mass is 10.1. The van der Waals surface area contributed by atoms with Gasteiger partial charge in [-0.15, -0.1) is 0 Å². The van der Waals surface area contributed by atoms with Crippen LogP contribution in [0.3, 0.4) is 0 Å². The molecule has 13 heavy (non-hydrogen) atoms. The van der Waals surface area contributed by atoms with Crippen LogP contribution in [0.1, 0.15) is 6.92 Å². The molecule has 1 atom stereocenters. The number of nitrogens with zero attached hydrogens (tertiary/aromatic N) is 2. The van der Waals surface area contributed by atoms with Gasteiger partial charge in [0.2, 0.25) is 0 Å². The Balaban J connectivity index is 2.08. The molecule has 0 bridgehead atoms. The van der Waals surface area contributed by atoms with Gasteiger partial charge in [0.1, 0.15) is 12.5 Å². The maximum absolute atomic E-state index is 5.43. The Morgan fingerprint density at radius 3 is 3.15 bits per heavy atom. The van der Waals surface area contributed by atoms with Gasteiger partial charge in [-0.1, -0.05) is 13.0 Å². The third kappa shape index (κ3) is 1.98. The molecule has 0 N–H and O–H groups in total. The number of ether oxygens (including phenoxy) is 1. The lowest BCUT2D eigenvalue weighted by Gasteiger charge is -2.31. The van der Waals surface area contributed by atoms with Crippen LogP contribution < -0.4 is 4.90 Å². The highest BCUT2D eigenvalue weighted by Gasteiger charge is 2.17. The molecule has 0 radical (unpaired) electrons. The van der Waals surface area contributed by atoms with Crippen molar-refractivity contribution in [1.82, 2.24) is 4.98 Å². The average Bonchev–Trinajstić information content (AvgIpc) is 2.19. The molecule has 1 aromatic rings. The fourth-order valence-corrected chi connectivity index (χ4v) is 1.55. The zero-order valence-corrected chi connectivity index (χ0v) is 7.81. The maximum atomic E-state index is 5.43. The van der Waals surface area contributed by atoms with Crippen molar-refractivity contribution in [3.63, 3.8) is 0 Å². The van der Waals surface area contributed by atoms with Crippen LogP contribution in [0.25, 0.3) is 0 Å². The summed E-state index contributed by atoms with van der Waals surface area (Å²) < 4.78 is 5.43. The van der Waals surface area contributed by atoms with Crippen molar-refractivity contribution in [2.75, 3.05) is 24.8 Å². The summed E-state index contributed by atoms with van der Waals surface area (Å²) in [5.41, 5.74) is 0. The van der Waals surface area contributed by atoms with Crippen LogP contribution in [0, 0.1) is 5.92 Å². The van der Waals surface area contributed by atoms with Crippen LogP contribution in [-0.2, 0) is 4.74 Å². The fourth-order valence-electron chi connectivity index (χ4n) is 1.55. The molecule has 0 aromatic carbocycles. The normalized spacial score (nSPS) is 23.2. The van der Waals surface area contributed by atoms with Gasteiger partial charge in [-0.3, -0.25) is 0 Å². The number of hydrogen-bond acceptors (Lipinski definition) is 3. The van der Waals surface area contributed by atoms with E-state index >= 15 is 0 Å². The molecule has 0 saturated carbocycles. The average molecular weight is 178 g/mol. The van der Waals surface area contributed by atoms with Crippen molar-refractivity contribution in [3.8, 4) is 0 Å². The summed E-state index contributed by atoms with van der Waals surface area (Å²) in [7, 11) is 0. The molecule has 0 amide bonds. The largest absolute Gasteiger partial charge is 0.361 e. The van der Waals surface area contributed by atoms with E-state index in [0.29, 0.717) is 12.6 Å². The van der Waals surface area contributed by atoms with E-state index < -0.39 is 0 Å². The molecule has 1 unspecified atom stereocenters. The topological polar surface area (TPSA) is 25.4 Å². The Morgan fingerprint density at radius 2 is 2.46 bits per heavy atom. The Bertz CT molecular complexity index is 263. The van der Waals surface area contributed by atoms with E-state index in [0.717, 1.165) is 19.0 Å².